The molecule has 2 aromatic rings. The molecule has 6 heteroatoms. The van der Waals surface area contributed by atoms with Gasteiger partial charge in [-0.1, -0.05) is 17.7 Å². The van der Waals surface area contributed by atoms with Crippen LogP contribution in [0, 0.1) is 0 Å². The highest BCUT2D eigenvalue weighted by Crippen LogP contribution is 2.30. The summed E-state index contributed by atoms with van der Waals surface area (Å²) >= 11 is 9.20. The molecule has 0 saturated carbocycles. The number of hydrogen-bond acceptors (Lipinski definition) is 2. The Bertz CT molecular complexity index is 513. The minimum Gasteiger partial charge on any atom is -0.320 e. The molecule has 0 saturated heterocycles. The number of carbonyl (C=O) groups excluding carboxylic acids is 1. The van der Waals surface area contributed by atoms with Crippen molar-refractivity contribution in [2.45, 2.75) is 0 Å². The fourth-order valence-corrected chi connectivity index (χ4v) is 1.71. The van der Waals surface area contributed by atoms with E-state index in [0.29, 0.717) is 20.9 Å². The minimum absolute atomic E-state index is 0.263. The molecule has 0 aliphatic heterocycles. The Labute approximate surface area is 105 Å². The van der Waals surface area contributed by atoms with E-state index in [0.717, 1.165) is 0 Å². The molecular weight excluding hydrogens is 293 g/mol. The van der Waals surface area contributed by atoms with Gasteiger partial charge in [0.2, 0.25) is 0 Å². The molecule has 1 heterocycles. The van der Waals surface area contributed by atoms with E-state index >= 15 is 0 Å². The third-order valence-electron chi connectivity index (χ3n) is 1.95. The molecule has 1 aromatic heterocycles. The first-order valence-corrected chi connectivity index (χ1v) is 5.60. The van der Waals surface area contributed by atoms with Crippen molar-refractivity contribution in [1.29, 1.82) is 0 Å². The lowest BCUT2D eigenvalue weighted by atomic mass is 10.3. The topological polar surface area (TPSA) is 57.8 Å². The van der Waals surface area contributed by atoms with Crippen LogP contribution in [0.4, 0.5) is 5.69 Å². The number of benzene rings is 1. The normalized spacial score (nSPS) is 10.1. The van der Waals surface area contributed by atoms with Gasteiger partial charge in [0, 0.05) is 6.20 Å². The Morgan fingerprint density at radius 3 is 2.94 bits per heavy atom. The highest BCUT2D eigenvalue weighted by molar-refractivity contribution is 9.10. The van der Waals surface area contributed by atoms with Crippen molar-refractivity contribution in [3.8, 4) is 0 Å². The van der Waals surface area contributed by atoms with E-state index in [1.54, 1.807) is 24.3 Å². The maximum Gasteiger partial charge on any atom is 0.273 e. The summed E-state index contributed by atoms with van der Waals surface area (Å²) in [4.78, 5) is 11.7. The SMILES string of the molecule is O=C(Nc1cccc(Cl)c1Br)c1ccn[nH]1. The number of H-pyrrole nitrogens is 1. The van der Waals surface area contributed by atoms with Crippen molar-refractivity contribution >= 4 is 39.1 Å². The molecule has 1 aromatic carbocycles. The number of nitrogens with zero attached hydrogens (tertiary/aromatic N) is 1. The Hall–Kier alpha value is -1.33. The van der Waals surface area contributed by atoms with Crippen LogP contribution in [0.15, 0.2) is 34.9 Å². The maximum atomic E-state index is 11.7. The van der Waals surface area contributed by atoms with Gasteiger partial charge in [0.1, 0.15) is 5.69 Å². The van der Waals surface area contributed by atoms with Gasteiger partial charge in [-0.15, -0.1) is 0 Å². The molecule has 4 nitrogen and oxygen atoms in total. The van der Waals surface area contributed by atoms with Gasteiger partial charge in [-0.25, -0.2) is 0 Å². The van der Waals surface area contributed by atoms with Crippen molar-refractivity contribution in [1.82, 2.24) is 10.2 Å². The number of amides is 1. The highest BCUT2D eigenvalue weighted by atomic mass is 79.9. The molecule has 0 spiro atoms. The van der Waals surface area contributed by atoms with Crippen LogP contribution in [0.25, 0.3) is 0 Å². The van der Waals surface area contributed by atoms with Crippen LogP contribution >= 0.6 is 27.5 Å². The van der Waals surface area contributed by atoms with Crippen LogP contribution in [0.1, 0.15) is 10.5 Å². The van der Waals surface area contributed by atoms with Gasteiger partial charge in [-0.3, -0.25) is 9.89 Å². The van der Waals surface area contributed by atoms with Crippen molar-refractivity contribution in [3.05, 3.63) is 45.7 Å². The summed E-state index contributed by atoms with van der Waals surface area (Å²) in [5, 5.41) is 9.54. The molecule has 1 amide bonds. The molecule has 2 rings (SSSR count). The predicted molar refractivity (Wildman–Crippen MR) is 65.7 cm³/mol. The number of carbonyl (C=O) groups is 1. The number of nitrogens with one attached hydrogen (secondary N) is 2. The quantitative estimate of drug-likeness (QED) is 0.895. The van der Waals surface area contributed by atoms with Crippen molar-refractivity contribution in [2.75, 3.05) is 5.32 Å². The van der Waals surface area contributed by atoms with Crippen LogP contribution in [0.5, 0.6) is 0 Å². The lowest BCUT2D eigenvalue weighted by Gasteiger charge is -2.06. The summed E-state index contributed by atoms with van der Waals surface area (Å²) in [7, 11) is 0. The van der Waals surface area contributed by atoms with E-state index in [2.05, 4.69) is 31.4 Å². The fourth-order valence-electron chi connectivity index (χ4n) is 1.17. The average molecular weight is 301 g/mol. The monoisotopic (exact) mass is 299 g/mol. The zero-order valence-corrected chi connectivity index (χ0v) is 10.3. The summed E-state index contributed by atoms with van der Waals surface area (Å²) in [6.45, 7) is 0. The molecule has 0 bridgehead atoms. The number of aromatic nitrogens is 2. The Morgan fingerprint density at radius 2 is 2.25 bits per heavy atom. The van der Waals surface area contributed by atoms with Crippen molar-refractivity contribution in [2.24, 2.45) is 0 Å². The molecular formula is C10H7BrClN3O. The van der Waals surface area contributed by atoms with Crippen molar-refractivity contribution in [3.63, 3.8) is 0 Å². The second-order valence-electron chi connectivity index (χ2n) is 3.03. The van der Waals surface area contributed by atoms with E-state index in [9.17, 15) is 4.79 Å². The molecule has 0 radical (unpaired) electrons. The predicted octanol–water partition coefficient (Wildman–Crippen LogP) is 3.08. The first kappa shape index (κ1) is 11.2. The zero-order valence-electron chi connectivity index (χ0n) is 8.00. The van der Waals surface area contributed by atoms with Gasteiger partial charge in [-0.05, 0) is 34.1 Å². The van der Waals surface area contributed by atoms with Crippen LogP contribution in [0.2, 0.25) is 5.02 Å². The molecule has 0 fully saturated rings. The molecule has 0 aliphatic carbocycles. The summed E-state index contributed by atoms with van der Waals surface area (Å²) in [6.07, 6.45) is 1.52. The standard InChI is InChI=1S/C10H7BrClN3O/c11-9-6(12)2-1-3-7(9)14-10(16)8-4-5-13-15-8/h1-5H,(H,13,15)(H,14,16). The first-order valence-electron chi connectivity index (χ1n) is 4.43. The van der Waals surface area contributed by atoms with Crippen LogP contribution in [0.3, 0.4) is 0 Å². The van der Waals surface area contributed by atoms with Gasteiger partial charge < -0.3 is 5.32 Å². The van der Waals surface area contributed by atoms with Gasteiger partial charge in [0.25, 0.3) is 5.91 Å². The third-order valence-corrected chi connectivity index (χ3v) is 3.34. The van der Waals surface area contributed by atoms with Gasteiger partial charge in [0.05, 0.1) is 15.2 Å². The Kier molecular flexibility index (Phi) is 3.26. The molecule has 0 aliphatic rings. The number of rotatable bonds is 2. The fraction of sp³-hybridized carbons (Fsp3) is 0. The van der Waals surface area contributed by atoms with E-state index in [4.69, 9.17) is 11.6 Å². The summed E-state index contributed by atoms with van der Waals surface area (Å²) in [5.41, 5.74) is 1.01. The molecule has 0 atom stereocenters. The maximum absolute atomic E-state index is 11.7. The lowest BCUT2D eigenvalue weighted by molar-refractivity contribution is 0.102. The van der Waals surface area contributed by atoms with E-state index in [-0.39, 0.29) is 5.91 Å². The van der Waals surface area contributed by atoms with Gasteiger partial charge in [0.15, 0.2) is 0 Å². The first-order chi connectivity index (χ1) is 7.68. The largest absolute Gasteiger partial charge is 0.320 e. The molecule has 0 unspecified atom stereocenters. The summed E-state index contributed by atoms with van der Waals surface area (Å²) in [6, 6.07) is 6.84. The van der Waals surface area contributed by atoms with Crippen LogP contribution < -0.4 is 5.32 Å². The number of anilines is 1. The lowest BCUT2D eigenvalue weighted by Crippen LogP contribution is -2.12. The summed E-state index contributed by atoms with van der Waals surface area (Å²) in [5.74, 6) is -0.263. The second kappa shape index (κ2) is 4.67. The Morgan fingerprint density at radius 1 is 1.44 bits per heavy atom. The number of aromatic amines is 1. The second-order valence-corrected chi connectivity index (χ2v) is 4.23. The van der Waals surface area contributed by atoms with Gasteiger partial charge >= 0.3 is 0 Å². The Balaban J connectivity index is 2.22. The number of hydrogen-bond donors (Lipinski definition) is 2. The average Bonchev–Trinajstić information content (AvgIpc) is 2.78. The summed E-state index contributed by atoms with van der Waals surface area (Å²) < 4.78 is 0.657. The van der Waals surface area contributed by atoms with Gasteiger partial charge in [-0.2, -0.15) is 5.10 Å². The zero-order chi connectivity index (χ0) is 11.5. The smallest absolute Gasteiger partial charge is 0.273 e. The molecule has 16 heavy (non-hydrogen) atoms. The van der Waals surface area contributed by atoms with Crippen molar-refractivity contribution < 1.29 is 4.79 Å². The van der Waals surface area contributed by atoms with E-state index < -0.39 is 0 Å². The van der Waals surface area contributed by atoms with Crippen LogP contribution in [-0.2, 0) is 0 Å². The molecule has 82 valence electrons. The third kappa shape index (κ3) is 2.25. The van der Waals surface area contributed by atoms with Crippen LogP contribution in [-0.4, -0.2) is 16.1 Å². The highest BCUT2D eigenvalue weighted by Gasteiger charge is 2.10. The molecule has 2 N–H and O–H groups in total. The minimum atomic E-state index is -0.263. The van der Waals surface area contributed by atoms with E-state index in [1.807, 2.05) is 0 Å². The van der Waals surface area contributed by atoms with E-state index in [1.165, 1.54) is 6.20 Å². The number of halogens is 2.